The number of Topliss-reactive ketones (excluding diaryl/α,β-unsaturated/α-hetero) is 1. The van der Waals surface area contributed by atoms with Crippen molar-refractivity contribution in [2.45, 2.75) is 38.8 Å². The number of hydrogen-bond acceptors (Lipinski definition) is 4. The lowest BCUT2D eigenvalue weighted by Gasteiger charge is -2.32. The van der Waals surface area contributed by atoms with Crippen LogP contribution in [0, 0.1) is 11.8 Å². The maximum atomic E-state index is 13.4. The Morgan fingerprint density at radius 2 is 1.74 bits per heavy atom. The van der Waals surface area contributed by atoms with Gasteiger partial charge in [-0.2, -0.15) is 0 Å². The van der Waals surface area contributed by atoms with Gasteiger partial charge in [0.25, 0.3) is 0 Å². The molecule has 1 saturated heterocycles. The summed E-state index contributed by atoms with van der Waals surface area (Å²) in [5.74, 6) is 2.27. The Hall–Kier alpha value is -3.70. The van der Waals surface area contributed by atoms with Crippen molar-refractivity contribution < 1.29 is 18.8 Å². The van der Waals surface area contributed by atoms with Crippen molar-refractivity contribution in [2.75, 3.05) is 20.2 Å². The zero-order chi connectivity index (χ0) is 26.8. The third-order valence-electron chi connectivity index (χ3n) is 8.52. The van der Waals surface area contributed by atoms with Gasteiger partial charge in [-0.1, -0.05) is 36.4 Å². The minimum Gasteiger partial charge on any atom is -0.493 e. The summed E-state index contributed by atoms with van der Waals surface area (Å²) in [6, 6.07) is 25.2. The van der Waals surface area contributed by atoms with Gasteiger partial charge in [0, 0.05) is 35.5 Å². The Kier molecular flexibility index (Phi) is 7.34. The van der Waals surface area contributed by atoms with E-state index in [1.54, 1.807) is 7.11 Å². The van der Waals surface area contributed by atoms with E-state index in [0.29, 0.717) is 24.0 Å². The highest BCUT2D eigenvalue weighted by molar-refractivity contribution is 6.02. The lowest BCUT2D eigenvalue weighted by atomic mass is 9.85. The highest BCUT2D eigenvalue weighted by Crippen LogP contribution is 2.40. The minimum absolute atomic E-state index is 0.0612. The van der Waals surface area contributed by atoms with Gasteiger partial charge in [-0.25, -0.2) is 4.57 Å². The smallest absolute Gasteiger partial charge is 0.212 e. The summed E-state index contributed by atoms with van der Waals surface area (Å²) >= 11 is 0. The number of aromatic nitrogens is 1. The standard InChI is InChI=1S/C34H37N2O3/c1-35-14-6-9-27-11-10-26(18-31(27)35)23-39-33-20-28-19-29(34(37)30(28)21-32(33)38-2)17-24-12-15-36(16-13-24)22-25-7-4-3-5-8-25/h3-11,14,18,20-21,24,29H,12-13,15-17,19,22-23H2,1-2H3/q+1. The van der Waals surface area contributed by atoms with E-state index < -0.39 is 0 Å². The Bertz CT molecular complexity index is 1480. The van der Waals surface area contributed by atoms with Crippen LogP contribution < -0.4 is 14.0 Å². The number of rotatable bonds is 8. The van der Waals surface area contributed by atoms with Gasteiger partial charge in [0.1, 0.15) is 13.7 Å². The van der Waals surface area contributed by atoms with Crippen molar-refractivity contribution >= 4 is 16.7 Å². The summed E-state index contributed by atoms with van der Waals surface area (Å²) < 4.78 is 14.0. The number of ether oxygens (including phenoxy) is 2. The van der Waals surface area contributed by atoms with Gasteiger partial charge >= 0.3 is 0 Å². The van der Waals surface area contributed by atoms with E-state index in [1.165, 1.54) is 16.5 Å². The fourth-order valence-electron chi connectivity index (χ4n) is 6.31. The SMILES string of the molecule is COc1cc2c(cc1OCc1ccc3ccc[n+](C)c3c1)CC(CC1CCN(Cc3ccccc3)CC1)C2=O. The van der Waals surface area contributed by atoms with Crippen molar-refractivity contribution in [3.05, 3.63) is 101 Å². The average molecular weight is 522 g/mol. The van der Waals surface area contributed by atoms with Gasteiger partial charge in [-0.05, 0) is 85.6 Å². The minimum atomic E-state index is 0.0612. The monoisotopic (exact) mass is 521 g/mol. The molecule has 4 aromatic rings. The molecule has 1 aliphatic heterocycles. The Morgan fingerprint density at radius 3 is 2.54 bits per heavy atom. The predicted octanol–water partition coefficient (Wildman–Crippen LogP) is 5.91. The van der Waals surface area contributed by atoms with Crippen molar-refractivity contribution in [1.29, 1.82) is 0 Å². The van der Waals surface area contributed by atoms with Crippen LogP contribution in [0.1, 0.15) is 46.3 Å². The highest BCUT2D eigenvalue weighted by Gasteiger charge is 2.34. The van der Waals surface area contributed by atoms with E-state index in [-0.39, 0.29) is 11.7 Å². The van der Waals surface area contributed by atoms with Gasteiger partial charge in [0.05, 0.1) is 7.11 Å². The number of fused-ring (bicyclic) bond motifs is 2. The topological polar surface area (TPSA) is 42.6 Å². The fraction of sp³-hybridized carbons (Fsp3) is 0.353. The summed E-state index contributed by atoms with van der Waals surface area (Å²) in [7, 11) is 3.70. The molecule has 0 saturated carbocycles. The number of piperidine rings is 1. The van der Waals surface area contributed by atoms with E-state index in [0.717, 1.165) is 62.0 Å². The van der Waals surface area contributed by atoms with E-state index in [2.05, 4.69) is 83.4 Å². The van der Waals surface area contributed by atoms with Crippen LogP contribution in [0.2, 0.25) is 0 Å². The Balaban J connectivity index is 1.09. The van der Waals surface area contributed by atoms with Crippen molar-refractivity contribution in [2.24, 2.45) is 18.9 Å². The lowest BCUT2D eigenvalue weighted by Crippen LogP contribution is -2.34. The van der Waals surface area contributed by atoms with Crippen LogP contribution in [0.4, 0.5) is 0 Å². The number of hydrogen-bond donors (Lipinski definition) is 0. The molecule has 0 spiro atoms. The van der Waals surface area contributed by atoms with Gasteiger partial charge in [0.15, 0.2) is 23.5 Å². The van der Waals surface area contributed by atoms with Gasteiger partial charge in [-0.15, -0.1) is 0 Å². The Labute approximate surface area is 231 Å². The van der Waals surface area contributed by atoms with Crippen LogP contribution in [-0.4, -0.2) is 30.9 Å². The van der Waals surface area contributed by atoms with Crippen LogP contribution in [0.25, 0.3) is 10.9 Å². The van der Waals surface area contributed by atoms with E-state index in [1.807, 2.05) is 12.1 Å². The molecule has 0 radical (unpaired) electrons. The molecule has 1 fully saturated rings. The second kappa shape index (κ2) is 11.2. The first-order valence-corrected chi connectivity index (χ1v) is 14.1. The molecule has 1 aliphatic carbocycles. The van der Waals surface area contributed by atoms with E-state index >= 15 is 0 Å². The van der Waals surface area contributed by atoms with Gasteiger partial charge in [-0.3, -0.25) is 9.69 Å². The van der Waals surface area contributed by atoms with Gasteiger partial charge in [0.2, 0.25) is 5.52 Å². The second-order valence-corrected chi connectivity index (χ2v) is 11.2. The van der Waals surface area contributed by atoms with E-state index in [9.17, 15) is 4.79 Å². The van der Waals surface area contributed by atoms with Crippen LogP contribution >= 0.6 is 0 Å². The lowest BCUT2D eigenvalue weighted by molar-refractivity contribution is -0.644. The first-order chi connectivity index (χ1) is 19.1. The molecule has 1 atom stereocenters. The molecule has 2 aliphatic rings. The quantitative estimate of drug-likeness (QED) is 0.271. The fourth-order valence-corrected chi connectivity index (χ4v) is 6.31. The van der Waals surface area contributed by atoms with E-state index in [4.69, 9.17) is 9.47 Å². The summed E-state index contributed by atoms with van der Waals surface area (Å²) in [5, 5.41) is 1.20. The van der Waals surface area contributed by atoms with Crippen LogP contribution in [-0.2, 0) is 26.6 Å². The summed E-state index contributed by atoms with van der Waals surface area (Å²) in [6.45, 7) is 3.67. The van der Waals surface area contributed by atoms with Crippen LogP contribution in [0.5, 0.6) is 11.5 Å². The molecule has 1 unspecified atom stereocenters. The third kappa shape index (κ3) is 5.55. The number of ketones is 1. The number of carbonyl (C=O) groups is 1. The molecular formula is C34H37N2O3+. The summed E-state index contributed by atoms with van der Waals surface area (Å²) in [5.41, 5.74) is 5.54. The normalized spacial score (nSPS) is 17.9. The van der Waals surface area contributed by atoms with Crippen LogP contribution in [0.3, 0.4) is 0 Å². The van der Waals surface area contributed by atoms with Gasteiger partial charge < -0.3 is 9.47 Å². The second-order valence-electron chi connectivity index (χ2n) is 11.2. The molecule has 0 bridgehead atoms. The molecule has 200 valence electrons. The molecule has 39 heavy (non-hydrogen) atoms. The maximum Gasteiger partial charge on any atom is 0.212 e. The third-order valence-corrected chi connectivity index (χ3v) is 8.52. The van der Waals surface area contributed by atoms with Crippen molar-refractivity contribution in [3.63, 3.8) is 0 Å². The number of pyridine rings is 1. The molecule has 5 heteroatoms. The first-order valence-electron chi connectivity index (χ1n) is 14.1. The molecule has 0 N–H and O–H groups in total. The number of nitrogens with zero attached hydrogens (tertiary/aromatic N) is 2. The first kappa shape index (κ1) is 25.6. The number of likely N-dealkylation sites (tertiary alicyclic amines) is 1. The predicted molar refractivity (Wildman–Crippen MR) is 153 cm³/mol. The molecule has 5 nitrogen and oxygen atoms in total. The largest absolute Gasteiger partial charge is 0.493 e. The maximum absolute atomic E-state index is 13.4. The summed E-state index contributed by atoms with van der Waals surface area (Å²) in [6.07, 6.45) is 6.14. The zero-order valence-electron chi connectivity index (χ0n) is 22.9. The molecule has 0 amide bonds. The number of aryl methyl sites for hydroxylation is 1. The average Bonchev–Trinajstić information content (AvgIpc) is 3.26. The van der Waals surface area contributed by atoms with Crippen molar-refractivity contribution in [1.82, 2.24) is 4.90 Å². The molecule has 6 rings (SSSR count). The molecule has 3 aromatic carbocycles. The van der Waals surface area contributed by atoms with Crippen LogP contribution in [0.15, 0.2) is 79.0 Å². The van der Waals surface area contributed by atoms with Crippen molar-refractivity contribution in [3.8, 4) is 11.5 Å². The molecular weight excluding hydrogens is 484 g/mol. The summed E-state index contributed by atoms with van der Waals surface area (Å²) in [4.78, 5) is 15.9. The number of carbonyl (C=O) groups excluding carboxylic acids is 1. The number of benzene rings is 3. The Morgan fingerprint density at radius 1 is 0.923 bits per heavy atom. The molecule has 1 aromatic heterocycles. The zero-order valence-corrected chi connectivity index (χ0v) is 22.9. The highest BCUT2D eigenvalue weighted by atomic mass is 16.5. The molecule has 2 heterocycles. The number of methoxy groups -OCH3 is 1.